The van der Waals surface area contributed by atoms with Crippen molar-refractivity contribution in [2.45, 2.75) is 13.3 Å². The number of carbonyl (C=O) groups excluding carboxylic acids is 1. The predicted molar refractivity (Wildman–Crippen MR) is 112 cm³/mol. The first kappa shape index (κ1) is 17.4. The summed E-state index contributed by atoms with van der Waals surface area (Å²) in [6.45, 7) is 2.75. The highest BCUT2D eigenvalue weighted by atomic mass is 16.4. The SMILES string of the molecule is Cc1ccc(-c2nnc(-c3ccc(C(=O)N4CCc5ccccc54)cc3)o2)cc1. The molecule has 1 aliphatic rings. The molecule has 0 N–H and O–H groups in total. The largest absolute Gasteiger partial charge is 0.416 e. The average Bonchev–Trinajstić information content (AvgIpc) is 3.42. The third-order valence-electron chi connectivity index (χ3n) is 5.23. The lowest BCUT2D eigenvalue weighted by Gasteiger charge is -2.17. The molecule has 0 fully saturated rings. The Morgan fingerprint density at radius 1 is 0.862 bits per heavy atom. The smallest absolute Gasteiger partial charge is 0.258 e. The Morgan fingerprint density at radius 3 is 2.17 bits per heavy atom. The Balaban J connectivity index is 1.37. The lowest BCUT2D eigenvalue weighted by atomic mass is 10.1. The summed E-state index contributed by atoms with van der Waals surface area (Å²) >= 11 is 0. The molecule has 5 rings (SSSR count). The van der Waals surface area contributed by atoms with Gasteiger partial charge < -0.3 is 9.32 Å². The van der Waals surface area contributed by atoms with Crippen molar-refractivity contribution in [3.63, 3.8) is 0 Å². The van der Waals surface area contributed by atoms with Crippen LogP contribution in [0.3, 0.4) is 0 Å². The van der Waals surface area contributed by atoms with Crippen LogP contribution in [0.5, 0.6) is 0 Å². The summed E-state index contributed by atoms with van der Waals surface area (Å²) in [7, 11) is 0. The summed E-state index contributed by atoms with van der Waals surface area (Å²) in [6.07, 6.45) is 0.893. The summed E-state index contributed by atoms with van der Waals surface area (Å²) in [5.74, 6) is 0.923. The maximum Gasteiger partial charge on any atom is 0.258 e. The number of rotatable bonds is 3. The zero-order chi connectivity index (χ0) is 19.8. The number of anilines is 1. The fourth-order valence-corrected chi connectivity index (χ4v) is 3.61. The molecule has 2 heterocycles. The van der Waals surface area contributed by atoms with E-state index >= 15 is 0 Å². The molecule has 0 saturated carbocycles. The number of amides is 1. The molecule has 5 nitrogen and oxygen atoms in total. The van der Waals surface area contributed by atoms with E-state index in [9.17, 15) is 4.79 Å². The molecule has 0 unspecified atom stereocenters. The monoisotopic (exact) mass is 381 g/mol. The summed E-state index contributed by atoms with van der Waals surface area (Å²) in [4.78, 5) is 14.8. The van der Waals surface area contributed by atoms with E-state index in [4.69, 9.17) is 4.42 Å². The van der Waals surface area contributed by atoms with Crippen molar-refractivity contribution >= 4 is 11.6 Å². The molecule has 142 valence electrons. The molecule has 0 saturated heterocycles. The molecule has 0 radical (unpaired) electrons. The minimum Gasteiger partial charge on any atom is -0.416 e. The van der Waals surface area contributed by atoms with Gasteiger partial charge in [0.05, 0.1) is 0 Å². The fraction of sp³-hybridized carbons (Fsp3) is 0.125. The van der Waals surface area contributed by atoms with Crippen LogP contribution in [0.2, 0.25) is 0 Å². The maximum absolute atomic E-state index is 12.9. The molecule has 29 heavy (non-hydrogen) atoms. The molecule has 5 heteroatoms. The van der Waals surface area contributed by atoms with Crippen LogP contribution in [-0.2, 0) is 6.42 Å². The van der Waals surface area contributed by atoms with Crippen LogP contribution in [0.15, 0.2) is 77.2 Å². The van der Waals surface area contributed by atoms with Crippen LogP contribution in [0.4, 0.5) is 5.69 Å². The first-order valence-corrected chi connectivity index (χ1v) is 9.60. The van der Waals surface area contributed by atoms with Crippen LogP contribution in [-0.4, -0.2) is 22.6 Å². The van der Waals surface area contributed by atoms with E-state index in [0.29, 0.717) is 23.9 Å². The summed E-state index contributed by atoms with van der Waals surface area (Å²) in [5.41, 5.74) is 5.70. The molecule has 0 bridgehead atoms. The first-order chi connectivity index (χ1) is 14.2. The predicted octanol–water partition coefficient (Wildman–Crippen LogP) is 4.91. The van der Waals surface area contributed by atoms with Crippen LogP contribution >= 0.6 is 0 Å². The Morgan fingerprint density at radius 2 is 1.48 bits per heavy atom. The second-order valence-electron chi connectivity index (χ2n) is 7.19. The molecule has 1 amide bonds. The van der Waals surface area contributed by atoms with Crippen molar-refractivity contribution in [1.29, 1.82) is 0 Å². The van der Waals surface area contributed by atoms with Crippen molar-refractivity contribution in [2.75, 3.05) is 11.4 Å². The fourth-order valence-electron chi connectivity index (χ4n) is 3.61. The van der Waals surface area contributed by atoms with Gasteiger partial charge in [-0.15, -0.1) is 10.2 Å². The van der Waals surface area contributed by atoms with Crippen LogP contribution < -0.4 is 4.90 Å². The van der Waals surface area contributed by atoms with Crippen molar-refractivity contribution in [1.82, 2.24) is 10.2 Å². The van der Waals surface area contributed by atoms with E-state index in [2.05, 4.69) is 16.3 Å². The molecule has 3 aromatic carbocycles. The lowest BCUT2D eigenvalue weighted by molar-refractivity contribution is 0.0989. The highest BCUT2D eigenvalue weighted by molar-refractivity contribution is 6.07. The van der Waals surface area contributed by atoms with Gasteiger partial charge in [-0.1, -0.05) is 35.9 Å². The van der Waals surface area contributed by atoms with Gasteiger partial charge in [0.15, 0.2) is 0 Å². The Hall–Kier alpha value is -3.73. The van der Waals surface area contributed by atoms with E-state index in [1.807, 2.05) is 78.6 Å². The van der Waals surface area contributed by atoms with Gasteiger partial charge in [0.25, 0.3) is 5.91 Å². The molecule has 0 aliphatic carbocycles. The Bertz CT molecular complexity index is 1180. The van der Waals surface area contributed by atoms with Gasteiger partial charge in [-0.2, -0.15) is 0 Å². The number of fused-ring (bicyclic) bond motifs is 1. The summed E-state index contributed by atoms with van der Waals surface area (Å²) in [5, 5.41) is 8.30. The second kappa shape index (κ2) is 7.02. The highest BCUT2D eigenvalue weighted by Gasteiger charge is 2.25. The van der Waals surface area contributed by atoms with Crippen molar-refractivity contribution in [3.8, 4) is 22.9 Å². The van der Waals surface area contributed by atoms with Crippen molar-refractivity contribution in [3.05, 3.63) is 89.5 Å². The number of aromatic nitrogens is 2. The third kappa shape index (κ3) is 3.21. The number of aryl methyl sites for hydroxylation is 1. The van der Waals surface area contributed by atoms with Gasteiger partial charge in [0.2, 0.25) is 11.8 Å². The van der Waals surface area contributed by atoms with Gasteiger partial charge in [-0.25, -0.2) is 0 Å². The van der Waals surface area contributed by atoms with Gasteiger partial charge in [0.1, 0.15) is 0 Å². The second-order valence-corrected chi connectivity index (χ2v) is 7.19. The van der Waals surface area contributed by atoms with Gasteiger partial charge in [-0.3, -0.25) is 4.79 Å². The topological polar surface area (TPSA) is 59.2 Å². The van der Waals surface area contributed by atoms with E-state index < -0.39 is 0 Å². The standard InChI is InChI=1S/C24H19N3O2/c1-16-6-8-18(9-7-16)22-25-26-23(29-22)19-10-12-20(13-11-19)24(28)27-15-14-17-4-2-3-5-21(17)27/h2-13H,14-15H2,1H3. The maximum atomic E-state index is 12.9. The molecule has 0 atom stereocenters. The number of para-hydroxylation sites is 1. The minimum absolute atomic E-state index is 0.00683. The van der Waals surface area contributed by atoms with E-state index in [1.165, 1.54) is 11.1 Å². The first-order valence-electron chi connectivity index (χ1n) is 9.60. The lowest BCUT2D eigenvalue weighted by Crippen LogP contribution is -2.28. The normalized spacial score (nSPS) is 12.8. The summed E-state index contributed by atoms with van der Waals surface area (Å²) in [6, 6.07) is 23.3. The highest BCUT2D eigenvalue weighted by Crippen LogP contribution is 2.29. The van der Waals surface area contributed by atoms with Crippen LogP contribution in [0.1, 0.15) is 21.5 Å². The Kier molecular flexibility index (Phi) is 4.21. The summed E-state index contributed by atoms with van der Waals surface area (Å²) < 4.78 is 5.82. The van der Waals surface area contributed by atoms with Gasteiger partial charge in [0, 0.05) is 28.9 Å². The number of carbonyl (C=O) groups is 1. The molecular weight excluding hydrogens is 362 g/mol. The molecule has 4 aromatic rings. The molecular formula is C24H19N3O2. The number of hydrogen-bond acceptors (Lipinski definition) is 4. The minimum atomic E-state index is 0.00683. The molecule has 1 aliphatic heterocycles. The van der Waals surface area contributed by atoms with Gasteiger partial charge in [-0.05, 0) is 61.4 Å². The van der Waals surface area contributed by atoms with Gasteiger partial charge >= 0.3 is 0 Å². The quantitative estimate of drug-likeness (QED) is 0.506. The van der Waals surface area contributed by atoms with Crippen molar-refractivity contribution < 1.29 is 9.21 Å². The molecule has 1 aromatic heterocycles. The Labute approximate surface area is 168 Å². The van der Waals surface area contributed by atoms with Crippen LogP contribution in [0, 0.1) is 6.92 Å². The zero-order valence-electron chi connectivity index (χ0n) is 16.0. The van der Waals surface area contributed by atoms with E-state index in [1.54, 1.807) is 0 Å². The van der Waals surface area contributed by atoms with Crippen molar-refractivity contribution in [2.24, 2.45) is 0 Å². The van der Waals surface area contributed by atoms with E-state index in [0.717, 1.165) is 23.2 Å². The van der Waals surface area contributed by atoms with Crippen LogP contribution in [0.25, 0.3) is 22.9 Å². The zero-order valence-corrected chi connectivity index (χ0v) is 16.0. The molecule has 0 spiro atoms. The third-order valence-corrected chi connectivity index (χ3v) is 5.23. The number of benzene rings is 3. The average molecular weight is 381 g/mol. The number of nitrogens with zero attached hydrogens (tertiary/aromatic N) is 3. The van der Waals surface area contributed by atoms with E-state index in [-0.39, 0.29) is 5.91 Å². The number of hydrogen-bond donors (Lipinski definition) is 0.